The molecule has 1 aliphatic heterocycles. The van der Waals surface area contributed by atoms with Gasteiger partial charge >= 0.3 is 0 Å². The van der Waals surface area contributed by atoms with E-state index in [1.165, 1.54) is 0 Å². The maximum absolute atomic E-state index is 11.4. The van der Waals surface area contributed by atoms with Crippen LogP contribution in [0.1, 0.15) is 18.4 Å². The van der Waals surface area contributed by atoms with Crippen molar-refractivity contribution in [3.63, 3.8) is 0 Å². The van der Waals surface area contributed by atoms with Crippen molar-refractivity contribution in [2.75, 3.05) is 13.7 Å². The van der Waals surface area contributed by atoms with E-state index in [4.69, 9.17) is 19.3 Å². The lowest BCUT2D eigenvalue weighted by Crippen LogP contribution is -2.41. The number of rotatable bonds is 8. The fourth-order valence-electron chi connectivity index (χ4n) is 2.72. The van der Waals surface area contributed by atoms with Crippen molar-refractivity contribution in [2.45, 2.75) is 37.8 Å². The molecule has 3 atom stereocenters. The highest BCUT2D eigenvalue weighted by Gasteiger charge is 2.33. The number of carbonyl (C=O) groups is 1. The predicted octanol–water partition coefficient (Wildman–Crippen LogP) is 2.43. The molecule has 1 saturated heterocycles. The summed E-state index contributed by atoms with van der Waals surface area (Å²) in [6.07, 6.45) is 1.42. The van der Waals surface area contributed by atoms with Gasteiger partial charge in [-0.05, 0) is 29.7 Å². The van der Waals surface area contributed by atoms with Gasteiger partial charge in [-0.1, -0.05) is 24.8 Å². The molecule has 0 aromatic heterocycles. The van der Waals surface area contributed by atoms with Crippen LogP contribution in [-0.4, -0.2) is 42.9 Å². The van der Waals surface area contributed by atoms with Crippen LogP contribution < -0.4 is 4.74 Å². The number of aliphatic hydroxyl groups excluding tert-OH is 1. The molecule has 0 spiro atoms. The number of methoxy groups -OCH3 is 1. The summed E-state index contributed by atoms with van der Waals surface area (Å²) in [6, 6.07) is 7.65. The van der Waals surface area contributed by atoms with Crippen LogP contribution in [0.25, 0.3) is 0 Å². The molecule has 5 nitrogen and oxygen atoms in total. The van der Waals surface area contributed by atoms with Crippen LogP contribution in [0, 0.1) is 0 Å². The summed E-state index contributed by atoms with van der Waals surface area (Å²) >= 11 is 0. The molecular weight excluding hydrogens is 308 g/mol. The summed E-state index contributed by atoms with van der Waals surface area (Å²) < 4.78 is 17.0. The third kappa shape index (κ3) is 4.77. The van der Waals surface area contributed by atoms with Gasteiger partial charge < -0.3 is 19.3 Å². The van der Waals surface area contributed by atoms with Gasteiger partial charge in [0.2, 0.25) is 0 Å². The molecule has 2 rings (SSSR count). The Balaban J connectivity index is 1.95. The van der Waals surface area contributed by atoms with E-state index in [1.807, 2.05) is 24.3 Å². The van der Waals surface area contributed by atoms with Crippen LogP contribution in [0.15, 0.2) is 49.1 Å². The molecule has 5 heteroatoms. The Kier molecular flexibility index (Phi) is 6.73. The number of hydrogen-bond donors (Lipinski definition) is 1. The van der Waals surface area contributed by atoms with Gasteiger partial charge in [0.1, 0.15) is 24.6 Å². The van der Waals surface area contributed by atoms with Gasteiger partial charge in [0, 0.05) is 6.42 Å². The van der Waals surface area contributed by atoms with Crippen LogP contribution in [0.4, 0.5) is 0 Å². The number of ketones is 1. The van der Waals surface area contributed by atoms with Gasteiger partial charge in [0.05, 0.1) is 19.8 Å². The van der Waals surface area contributed by atoms with E-state index in [0.717, 1.165) is 16.9 Å². The second-order valence-electron chi connectivity index (χ2n) is 5.80. The second-order valence-corrected chi connectivity index (χ2v) is 5.80. The fourth-order valence-corrected chi connectivity index (χ4v) is 2.72. The monoisotopic (exact) mass is 332 g/mol. The van der Waals surface area contributed by atoms with Crippen molar-refractivity contribution in [1.82, 2.24) is 0 Å². The van der Waals surface area contributed by atoms with E-state index in [9.17, 15) is 4.79 Å². The zero-order chi connectivity index (χ0) is 17.5. The van der Waals surface area contributed by atoms with Crippen LogP contribution in [0.5, 0.6) is 5.75 Å². The van der Waals surface area contributed by atoms with Crippen molar-refractivity contribution in [1.29, 1.82) is 0 Å². The minimum atomic E-state index is -0.470. The van der Waals surface area contributed by atoms with E-state index in [2.05, 4.69) is 13.2 Å². The average molecular weight is 332 g/mol. The highest BCUT2D eigenvalue weighted by atomic mass is 16.5. The maximum Gasteiger partial charge on any atom is 0.160 e. The first-order valence-electron chi connectivity index (χ1n) is 7.90. The molecule has 1 N–H and O–H groups in total. The first-order chi connectivity index (χ1) is 11.6. The maximum atomic E-state index is 11.4. The Morgan fingerprint density at radius 2 is 2.12 bits per heavy atom. The lowest BCUT2D eigenvalue weighted by Gasteiger charge is -2.36. The largest absolute Gasteiger partial charge is 0.497 e. The van der Waals surface area contributed by atoms with Crippen molar-refractivity contribution in [2.24, 2.45) is 0 Å². The Morgan fingerprint density at radius 1 is 1.42 bits per heavy atom. The standard InChI is InChI=1S/C19H24O5/c1-4-18-19(13(2)9-17(24-18)10-15(21)11-20)23-12-14-5-7-16(22-3)8-6-14/h4-8,17-20H,1-2,9-12H2,3H3/t17-,18+,19?/m0/s1. The van der Waals surface area contributed by atoms with E-state index >= 15 is 0 Å². The summed E-state index contributed by atoms with van der Waals surface area (Å²) in [4.78, 5) is 11.4. The van der Waals surface area contributed by atoms with Crippen LogP contribution in [0.2, 0.25) is 0 Å². The van der Waals surface area contributed by atoms with Gasteiger partial charge in [-0.25, -0.2) is 0 Å². The molecule has 1 fully saturated rings. The minimum Gasteiger partial charge on any atom is -0.497 e. The predicted molar refractivity (Wildman–Crippen MR) is 90.9 cm³/mol. The van der Waals surface area contributed by atoms with Crippen molar-refractivity contribution >= 4 is 5.78 Å². The Labute approximate surface area is 142 Å². The van der Waals surface area contributed by atoms with Crippen molar-refractivity contribution in [3.8, 4) is 5.75 Å². The highest BCUT2D eigenvalue weighted by Crippen LogP contribution is 2.29. The molecule has 1 unspecified atom stereocenters. The van der Waals surface area contributed by atoms with Gasteiger partial charge in [0.15, 0.2) is 5.78 Å². The average Bonchev–Trinajstić information content (AvgIpc) is 2.60. The number of aliphatic hydroxyl groups is 1. The number of ether oxygens (including phenoxy) is 3. The second kappa shape index (κ2) is 8.78. The Bertz CT molecular complexity index is 578. The summed E-state index contributed by atoms with van der Waals surface area (Å²) in [5.41, 5.74) is 1.89. The molecule has 130 valence electrons. The fraction of sp³-hybridized carbons (Fsp3) is 0.421. The lowest BCUT2D eigenvalue weighted by atomic mass is 9.93. The van der Waals surface area contributed by atoms with Crippen LogP contribution >= 0.6 is 0 Å². The molecule has 1 heterocycles. The number of benzene rings is 1. The van der Waals surface area contributed by atoms with Crippen molar-refractivity contribution < 1.29 is 24.1 Å². The quantitative estimate of drug-likeness (QED) is 0.741. The highest BCUT2D eigenvalue weighted by molar-refractivity contribution is 5.79. The normalized spacial score (nSPS) is 23.8. The first-order valence-corrected chi connectivity index (χ1v) is 7.90. The zero-order valence-electron chi connectivity index (χ0n) is 13.9. The summed E-state index contributed by atoms with van der Waals surface area (Å²) in [5, 5.41) is 8.87. The molecule has 24 heavy (non-hydrogen) atoms. The SMILES string of the molecule is C=C[C@H]1O[C@H](CC(=O)CO)CC(=C)C1OCc1ccc(OC)cc1. The summed E-state index contributed by atoms with van der Waals surface area (Å²) in [6.45, 7) is 7.80. The molecule has 0 bridgehead atoms. The smallest absolute Gasteiger partial charge is 0.160 e. The molecule has 0 amide bonds. The summed E-state index contributed by atoms with van der Waals surface area (Å²) in [7, 11) is 1.63. The molecular formula is C19H24O5. The molecule has 0 aliphatic carbocycles. The van der Waals surface area contributed by atoms with Gasteiger partial charge in [-0.15, -0.1) is 6.58 Å². The molecule has 1 aromatic rings. The Hall–Kier alpha value is -1.95. The van der Waals surface area contributed by atoms with E-state index in [1.54, 1.807) is 13.2 Å². The van der Waals surface area contributed by atoms with E-state index in [0.29, 0.717) is 13.0 Å². The minimum absolute atomic E-state index is 0.172. The zero-order valence-corrected chi connectivity index (χ0v) is 13.9. The van der Waals surface area contributed by atoms with E-state index < -0.39 is 6.61 Å². The third-order valence-corrected chi connectivity index (χ3v) is 3.99. The first kappa shape index (κ1) is 18.4. The van der Waals surface area contributed by atoms with Crippen molar-refractivity contribution in [3.05, 3.63) is 54.6 Å². The molecule has 0 saturated carbocycles. The van der Waals surface area contributed by atoms with Gasteiger partial charge in [0.25, 0.3) is 0 Å². The van der Waals surface area contributed by atoms with Crippen LogP contribution in [0.3, 0.4) is 0 Å². The number of carbonyl (C=O) groups excluding carboxylic acids is 1. The van der Waals surface area contributed by atoms with Gasteiger partial charge in [-0.2, -0.15) is 0 Å². The molecule has 0 radical (unpaired) electrons. The topological polar surface area (TPSA) is 65.0 Å². The van der Waals surface area contributed by atoms with Gasteiger partial charge in [-0.3, -0.25) is 4.79 Å². The Morgan fingerprint density at radius 3 is 2.71 bits per heavy atom. The molecule has 1 aromatic carbocycles. The van der Waals surface area contributed by atoms with Crippen LogP contribution in [-0.2, 0) is 20.9 Å². The summed E-state index contributed by atoms with van der Waals surface area (Å²) in [5.74, 6) is 0.553. The third-order valence-electron chi connectivity index (χ3n) is 3.99. The van der Waals surface area contributed by atoms with E-state index in [-0.39, 0.29) is 30.5 Å². The number of hydrogen-bond acceptors (Lipinski definition) is 5. The molecule has 1 aliphatic rings. The number of Topliss-reactive ketones (excluding diaryl/α,β-unsaturated/α-hetero) is 1. The lowest BCUT2D eigenvalue weighted by molar-refractivity contribution is -0.131.